The Labute approximate surface area is 224 Å². The molecule has 0 aromatic heterocycles. The van der Waals surface area contributed by atoms with E-state index in [4.69, 9.17) is 26.4 Å². The number of methoxy groups -OCH3 is 1. The van der Waals surface area contributed by atoms with E-state index in [-0.39, 0.29) is 10.1 Å². The molecule has 0 N–H and O–H groups in total. The van der Waals surface area contributed by atoms with Crippen LogP contribution in [0, 0.1) is 36.5 Å². The van der Waals surface area contributed by atoms with Gasteiger partial charge in [0.1, 0.15) is 11.9 Å². The summed E-state index contributed by atoms with van der Waals surface area (Å²) in [4.78, 5) is 0. The van der Waals surface area contributed by atoms with Crippen LogP contribution in [0.5, 0.6) is 5.75 Å². The number of benzene rings is 1. The van der Waals surface area contributed by atoms with E-state index in [1.54, 1.807) is 7.11 Å². The van der Waals surface area contributed by atoms with Crippen molar-refractivity contribution in [2.24, 2.45) is 0 Å². The molecule has 0 aliphatic carbocycles. The zero-order valence-corrected chi connectivity index (χ0v) is 26.8. The number of ether oxygens (including phenoxy) is 1. The highest BCUT2D eigenvalue weighted by Crippen LogP contribution is 2.42. The van der Waals surface area contributed by atoms with E-state index in [0.29, 0.717) is 24.2 Å². The number of rotatable bonds is 9. The number of hydrogen-bond acceptors (Lipinski definition) is 3. The highest BCUT2D eigenvalue weighted by atomic mass is 28.4. The Balaban J connectivity index is 3.34. The lowest BCUT2D eigenvalue weighted by Gasteiger charge is -2.43. The molecule has 0 heterocycles. The van der Waals surface area contributed by atoms with Crippen LogP contribution in [0.2, 0.25) is 36.3 Å². The molecular weight excluding hydrogens is 477 g/mol. The third-order valence-corrected chi connectivity index (χ3v) is 16.8. The van der Waals surface area contributed by atoms with Crippen molar-refractivity contribution in [3.8, 4) is 42.3 Å². The standard InChI is InChI=1S/C31H48O3Si2/c1-15-23-31(9,34-36(13,14)30(6,7)8)24-18-17-21-28(33-35(11,12)29(3,4)5)26-20-19-22-27(32-10)25(26)16-2/h1-2,19-20,22,28H,18,23-24H2,3-14H3/t28?,31-/m1/s1. The zero-order chi connectivity index (χ0) is 28.0. The SMILES string of the molecule is C#CC[C@](C)(CCC#CC(O[Si](C)(C)C(C)(C)C)c1cccc(OC)c1C#C)O[Si](C)(C)C(C)(C)C. The molecule has 1 unspecified atom stereocenters. The molecule has 0 saturated carbocycles. The van der Waals surface area contributed by atoms with Gasteiger partial charge in [0, 0.05) is 18.4 Å². The summed E-state index contributed by atoms with van der Waals surface area (Å²) in [6.45, 7) is 24.5. The third kappa shape index (κ3) is 8.29. The van der Waals surface area contributed by atoms with Crippen LogP contribution in [0.25, 0.3) is 0 Å². The molecule has 0 spiro atoms. The third-order valence-electron chi connectivity index (χ3n) is 7.72. The number of hydrogen-bond donors (Lipinski definition) is 0. The lowest BCUT2D eigenvalue weighted by Crippen LogP contribution is -2.48. The monoisotopic (exact) mass is 524 g/mol. The predicted octanol–water partition coefficient (Wildman–Crippen LogP) is 8.33. The van der Waals surface area contributed by atoms with Crippen LogP contribution in [0.1, 0.15) is 85.0 Å². The molecule has 1 rings (SSSR count). The van der Waals surface area contributed by atoms with Crippen molar-refractivity contribution in [2.75, 3.05) is 7.11 Å². The summed E-state index contributed by atoms with van der Waals surface area (Å²) in [5.41, 5.74) is 1.15. The zero-order valence-electron chi connectivity index (χ0n) is 24.8. The molecular formula is C31H48O3Si2. The highest BCUT2D eigenvalue weighted by Gasteiger charge is 2.43. The Kier molecular flexibility index (Phi) is 10.8. The van der Waals surface area contributed by atoms with Gasteiger partial charge in [0.2, 0.25) is 0 Å². The van der Waals surface area contributed by atoms with Gasteiger partial charge in [-0.05, 0) is 55.7 Å². The average Bonchev–Trinajstić information content (AvgIpc) is 2.73. The molecule has 5 heteroatoms. The molecule has 2 atom stereocenters. The Morgan fingerprint density at radius 1 is 0.917 bits per heavy atom. The van der Waals surface area contributed by atoms with Crippen LogP contribution in [-0.4, -0.2) is 29.3 Å². The van der Waals surface area contributed by atoms with Gasteiger partial charge < -0.3 is 13.6 Å². The van der Waals surface area contributed by atoms with Crippen LogP contribution in [-0.2, 0) is 8.85 Å². The van der Waals surface area contributed by atoms with Crippen LogP contribution in [0.4, 0.5) is 0 Å². The molecule has 1 aromatic carbocycles. The minimum atomic E-state index is -2.13. The van der Waals surface area contributed by atoms with Crippen molar-refractivity contribution < 1.29 is 13.6 Å². The van der Waals surface area contributed by atoms with Gasteiger partial charge in [0.15, 0.2) is 16.6 Å². The molecule has 1 aromatic rings. The van der Waals surface area contributed by atoms with Gasteiger partial charge in [0.25, 0.3) is 0 Å². The first-order chi connectivity index (χ1) is 16.3. The minimum absolute atomic E-state index is 0.0322. The summed E-state index contributed by atoms with van der Waals surface area (Å²) in [7, 11) is -2.49. The Hall–Kier alpha value is -1.95. The van der Waals surface area contributed by atoms with Crippen LogP contribution in [0.15, 0.2) is 18.2 Å². The first-order valence-corrected chi connectivity index (χ1v) is 18.6. The molecule has 3 nitrogen and oxygen atoms in total. The maximum absolute atomic E-state index is 6.79. The summed E-state index contributed by atoms with van der Waals surface area (Å²) >= 11 is 0. The van der Waals surface area contributed by atoms with E-state index in [2.05, 4.69) is 98.3 Å². The second-order valence-corrected chi connectivity index (χ2v) is 22.3. The van der Waals surface area contributed by atoms with Crippen LogP contribution in [0.3, 0.4) is 0 Å². The molecule has 0 bridgehead atoms. The molecule has 0 saturated heterocycles. The van der Waals surface area contributed by atoms with E-state index in [1.807, 2.05) is 18.2 Å². The second-order valence-electron chi connectivity index (χ2n) is 12.8. The van der Waals surface area contributed by atoms with Crippen LogP contribution >= 0.6 is 0 Å². The predicted molar refractivity (Wildman–Crippen MR) is 159 cm³/mol. The summed E-state index contributed by atoms with van der Waals surface area (Å²) in [5.74, 6) is 13.1. The molecule has 36 heavy (non-hydrogen) atoms. The largest absolute Gasteiger partial charge is 0.495 e. The average molecular weight is 525 g/mol. The van der Waals surface area contributed by atoms with E-state index in [0.717, 1.165) is 12.0 Å². The maximum atomic E-state index is 6.79. The highest BCUT2D eigenvalue weighted by molar-refractivity contribution is 6.74. The van der Waals surface area contributed by atoms with E-state index in [1.165, 1.54) is 0 Å². The summed E-state index contributed by atoms with van der Waals surface area (Å²) in [6, 6.07) is 5.81. The Bertz CT molecular complexity index is 1030. The van der Waals surface area contributed by atoms with Crippen molar-refractivity contribution in [3.05, 3.63) is 29.3 Å². The first-order valence-electron chi connectivity index (χ1n) is 12.8. The van der Waals surface area contributed by atoms with Gasteiger partial charge in [-0.1, -0.05) is 65.5 Å². The molecule has 0 aliphatic heterocycles. The summed E-state index contributed by atoms with van der Waals surface area (Å²) in [6.07, 6.45) is 13.2. The minimum Gasteiger partial charge on any atom is -0.495 e. The van der Waals surface area contributed by atoms with Crippen LogP contribution < -0.4 is 4.74 Å². The van der Waals surface area contributed by atoms with Gasteiger partial charge in [-0.2, -0.15) is 0 Å². The van der Waals surface area contributed by atoms with Gasteiger partial charge >= 0.3 is 0 Å². The van der Waals surface area contributed by atoms with E-state index < -0.39 is 28.3 Å². The lowest BCUT2D eigenvalue weighted by molar-refractivity contribution is 0.0696. The maximum Gasteiger partial charge on any atom is 0.194 e. The normalized spacial score (nSPS) is 15.1. The molecule has 0 radical (unpaired) electrons. The van der Waals surface area contributed by atoms with Gasteiger partial charge in [-0.3, -0.25) is 0 Å². The van der Waals surface area contributed by atoms with Crippen molar-refractivity contribution in [1.82, 2.24) is 0 Å². The van der Waals surface area contributed by atoms with Crippen molar-refractivity contribution in [2.45, 2.75) is 116 Å². The molecule has 198 valence electrons. The summed E-state index contributed by atoms with van der Waals surface area (Å²) < 4.78 is 19.1. The Morgan fingerprint density at radius 3 is 1.97 bits per heavy atom. The van der Waals surface area contributed by atoms with Gasteiger partial charge in [-0.15, -0.1) is 24.7 Å². The number of terminal acetylenes is 2. The summed E-state index contributed by atoms with van der Waals surface area (Å²) in [5, 5.41) is 0.138. The molecule has 0 aliphatic rings. The smallest absolute Gasteiger partial charge is 0.194 e. The fraction of sp³-hybridized carbons (Fsp3) is 0.613. The fourth-order valence-corrected chi connectivity index (χ4v) is 6.23. The first kappa shape index (κ1) is 32.1. The topological polar surface area (TPSA) is 27.7 Å². The quantitative estimate of drug-likeness (QED) is 0.240. The van der Waals surface area contributed by atoms with Crippen molar-refractivity contribution in [3.63, 3.8) is 0 Å². The van der Waals surface area contributed by atoms with Gasteiger partial charge in [-0.25, -0.2) is 0 Å². The second kappa shape index (κ2) is 12.1. The fourth-order valence-electron chi connectivity index (χ4n) is 3.39. The van der Waals surface area contributed by atoms with Crippen molar-refractivity contribution >= 4 is 16.6 Å². The van der Waals surface area contributed by atoms with E-state index >= 15 is 0 Å². The lowest BCUT2D eigenvalue weighted by atomic mass is 9.96. The van der Waals surface area contributed by atoms with Gasteiger partial charge in [0.05, 0.1) is 18.3 Å². The van der Waals surface area contributed by atoms with Crippen molar-refractivity contribution in [1.29, 1.82) is 0 Å². The Morgan fingerprint density at radius 2 is 1.50 bits per heavy atom. The molecule has 0 fully saturated rings. The van der Waals surface area contributed by atoms with E-state index in [9.17, 15) is 0 Å². The molecule has 0 amide bonds.